The Morgan fingerprint density at radius 1 is 1.50 bits per heavy atom. The van der Waals surface area contributed by atoms with Crippen molar-refractivity contribution in [1.29, 1.82) is 0 Å². The monoisotopic (exact) mass is 309 g/mol. The summed E-state index contributed by atoms with van der Waals surface area (Å²) in [6.45, 7) is 2.84. The Labute approximate surface area is 115 Å². The normalized spacial score (nSPS) is 23.6. The van der Waals surface area contributed by atoms with Crippen molar-refractivity contribution >= 4 is 27.7 Å². The molecule has 1 aliphatic heterocycles. The molecule has 0 spiro atoms. The third kappa shape index (κ3) is 2.36. The molecule has 1 saturated carbocycles. The number of aryl methyl sites for hydroxylation is 1. The fourth-order valence-corrected chi connectivity index (χ4v) is 2.90. The minimum Gasteiger partial charge on any atom is -0.365 e. The number of hydrogen-bond donors (Lipinski definition) is 1. The van der Waals surface area contributed by atoms with Crippen LogP contribution in [0.3, 0.4) is 0 Å². The standard InChI is InChI=1S/C13H16BrN3O/c1-8-4-9(14)6-15-13(8)16-10-5-12(18)17(7-10)11-2-3-11/h4,6,10-11H,2-3,5,7H2,1H3,(H,15,16). The zero-order chi connectivity index (χ0) is 12.7. The first kappa shape index (κ1) is 12.0. The molecule has 96 valence electrons. The topological polar surface area (TPSA) is 45.2 Å². The molecule has 1 aliphatic carbocycles. The van der Waals surface area contributed by atoms with E-state index < -0.39 is 0 Å². The van der Waals surface area contributed by atoms with Crippen molar-refractivity contribution in [2.75, 3.05) is 11.9 Å². The van der Waals surface area contributed by atoms with Gasteiger partial charge in [0, 0.05) is 29.7 Å². The lowest BCUT2D eigenvalue weighted by atomic mass is 10.2. The molecule has 4 nitrogen and oxygen atoms in total. The second-order valence-electron chi connectivity index (χ2n) is 5.14. The van der Waals surface area contributed by atoms with E-state index in [1.807, 2.05) is 17.9 Å². The molecule has 1 N–H and O–H groups in total. The van der Waals surface area contributed by atoms with E-state index in [4.69, 9.17) is 0 Å². The average Bonchev–Trinajstić information content (AvgIpc) is 3.08. The number of nitrogens with one attached hydrogen (secondary N) is 1. The number of anilines is 1. The minimum absolute atomic E-state index is 0.200. The molecule has 1 aromatic rings. The van der Waals surface area contributed by atoms with Gasteiger partial charge in [-0.1, -0.05) is 0 Å². The van der Waals surface area contributed by atoms with Crippen LogP contribution in [0.5, 0.6) is 0 Å². The second-order valence-corrected chi connectivity index (χ2v) is 6.06. The number of hydrogen-bond acceptors (Lipinski definition) is 3. The van der Waals surface area contributed by atoms with E-state index in [-0.39, 0.29) is 11.9 Å². The predicted molar refractivity (Wildman–Crippen MR) is 73.4 cm³/mol. The van der Waals surface area contributed by atoms with Crippen molar-refractivity contribution in [1.82, 2.24) is 9.88 Å². The van der Waals surface area contributed by atoms with Gasteiger partial charge in [0.15, 0.2) is 0 Å². The Bertz CT molecular complexity index is 487. The van der Waals surface area contributed by atoms with E-state index in [0.29, 0.717) is 12.5 Å². The van der Waals surface area contributed by atoms with Crippen LogP contribution < -0.4 is 5.32 Å². The van der Waals surface area contributed by atoms with Gasteiger partial charge in [0.1, 0.15) is 5.82 Å². The first-order valence-corrected chi connectivity index (χ1v) is 7.11. The summed E-state index contributed by atoms with van der Waals surface area (Å²) in [5.41, 5.74) is 1.10. The number of nitrogens with zero attached hydrogens (tertiary/aromatic N) is 2. The molecule has 2 fully saturated rings. The summed E-state index contributed by atoms with van der Waals surface area (Å²) in [4.78, 5) is 18.2. The summed E-state index contributed by atoms with van der Waals surface area (Å²) >= 11 is 3.40. The highest BCUT2D eigenvalue weighted by Crippen LogP contribution is 2.31. The molecular formula is C13H16BrN3O. The lowest BCUT2D eigenvalue weighted by molar-refractivity contribution is -0.128. The Balaban J connectivity index is 1.68. The lowest BCUT2D eigenvalue weighted by Crippen LogP contribution is -2.30. The molecule has 1 saturated heterocycles. The molecule has 5 heteroatoms. The van der Waals surface area contributed by atoms with E-state index >= 15 is 0 Å². The Kier molecular flexibility index (Phi) is 3.01. The predicted octanol–water partition coefficient (Wildman–Crippen LogP) is 2.33. The van der Waals surface area contributed by atoms with Crippen LogP contribution in [-0.4, -0.2) is 34.4 Å². The number of halogens is 1. The maximum Gasteiger partial charge on any atom is 0.225 e. The maximum atomic E-state index is 11.9. The van der Waals surface area contributed by atoms with Crippen LogP contribution in [0.2, 0.25) is 0 Å². The van der Waals surface area contributed by atoms with Crippen LogP contribution in [-0.2, 0) is 4.79 Å². The first-order valence-electron chi connectivity index (χ1n) is 6.31. The summed E-state index contributed by atoms with van der Waals surface area (Å²) < 4.78 is 0.979. The molecule has 3 rings (SSSR count). The summed E-state index contributed by atoms with van der Waals surface area (Å²) in [7, 11) is 0. The van der Waals surface area contributed by atoms with Gasteiger partial charge in [0.25, 0.3) is 0 Å². The molecule has 0 bridgehead atoms. The molecule has 2 aliphatic rings. The minimum atomic E-state index is 0.200. The Morgan fingerprint density at radius 2 is 2.28 bits per heavy atom. The van der Waals surface area contributed by atoms with E-state index in [2.05, 4.69) is 26.2 Å². The van der Waals surface area contributed by atoms with Gasteiger partial charge in [-0.05, 0) is 47.3 Å². The highest BCUT2D eigenvalue weighted by Gasteiger charge is 2.39. The van der Waals surface area contributed by atoms with Gasteiger partial charge in [-0.3, -0.25) is 4.79 Å². The Hall–Kier alpha value is -1.10. The van der Waals surface area contributed by atoms with Gasteiger partial charge in [-0.2, -0.15) is 0 Å². The molecule has 2 heterocycles. The van der Waals surface area contributed by atoms with Crippen molar-refractivity contribution in [3.05, 3.63) is 22.3 Å². The molecule has 0 radical (unpaired) electrons. The van der Waals surface area contributed by atoms with Crippen molar-refractivity contribution in [3.8, 4) is 0 Å². The third-order valence-electron chi connectivity index (χ3n) is 3.53. The molecule has 1 atom stereocenters. The lowest BCUT2D eigenvalue weighted by Gasteiger charge is -2.17. The van der Waals surface area contributed by atoms with E-state index in [1.165, 1.54) is 12.8 Å². The number of pyridine rings is 1. The number of carbonyl (C=O) groups is 1. The summed E-state index contributed by atoms with van der Waals surface area (Å²) in [6.07, 6.45) is 4.72. The van der Waals surface area contributed by atoms with Crippen molar-refractivity contribution in [2.24, 2.45) is 0 Å². The Morgan fingerprint density at radius 3 is 2.94 bits per heavy atom. The first-order chi connectivity index (χ1) is 8.63. The molecular weight excluding hydrogens is 294 g/mol. The fraction of sp³-hybridized carbons (Fsp3) is 0.538. The SMILES string of the molecule is Cc1cc(Br)cnc1NC1CC(=O)N(C2CC2)C1. The van der Waals surface area contributed by atoms with Crippen molar-refractivity contribution in [3.63, 3.8) is 0 Å². The smallest absolute Gasteiger partial charge is 0.225 e. The molecule has 1 aromatic heterocycles. The highest BCUT2D eigenvalue weighted by molar-refractivity contribution is 9.10. The zero-order valence-corrected chi connectivity index (χ0v) is 11.9. The maximum absolute atomic E-state index is 11.9. The van der Waals surface area contributed by atoms with Gasteiger partial charge in [-0.25, -0.2) is 4.98 Å². The van der Waals surface area contributed by atoms with Gasteiger partial charge < -0.3 is 10.2 Å². The quantitative estimate of drug-likeness (QED) is 0.932. The number of carbonyl (C=O) groups excluding carboxylic acids is 1. The van der Waals surface area contributed by atoms with Crippen LogP contribution in [0.25, 0.3) is 0 Å². The van der Waals surface area contributed by atoms with Crippen LogP contribution in [0.15, 0.2) is 16.7 Å². The van der Waals surface area contributed by atoms with Crippen molar-refractivity contribution < 1.29 is 4.79 Å². The summed E-state index contributed by atoms with van der Waals surface area (Å²) in [5.74, 6) is 1.17. The van der Waals surface area contributed by atoms with Crippen LogP contribution in [0.1, 0.15) is 24.8 Å². The molecule has 0 aromatic carbocycles. The van der Waals surface area contributed by atoms with Gasteiger partial charge in [-0.15, -0.1) is 0 Å². The molecule has 1 amide bonds. The van der Waals surface area contributed by atoms with E-state index in [1.54, 1.807) is 6.20 Å². The zero-order valence-electron chi connectivity index (χ0n) is 10.3. The number of amides is 1. The number of aromatic nitrogens is 1. The molecule has 18 heavy (non-hydrogen) atoms. The number of rotatable bonds is 3. The largest absolute Gasteiger partial charge is 0.365 e. The average molecular weight is 310 g/mol. The van der Waals surface area contributed by atoms with Crippen molar-refractivity contribution in [2.45, 2.75) is 38.3 Å². The highest BCUT2D eigenvalue weighted by atomic mass is 79.9. The second kappa shape index (κ2) is 4.53. The van der Waals surface area contributed by atoms with Crippen LogP contribution >= 0.6 is 15.9 Å². The van der Waals surface area contributed by atoms with Crippen LogP contribution in [0, 0.1) is 6.92 Å². The summed E-state index contributed by atoms with van der Waals surface area (Å²) in [5, 5.41) is 3.38. The van der Waals surface area contributed by atoms with Gasteiger partial charge in [0.2, 0.25) is 5.91 Å². The fourth-order valence-electron chi connectivity index (χ4n) is 2.45. The van der Waals surface area contributed by atoms with Crippen LogP contribution in [0.4, 0.5) is 5.82 Å². The van der Waals surface area contributed by atoms with E-state index in [9.17, 15) is 4.79 Å². The number of likely N-dealkylation sites (tertiary alicyclic amines) is 1. The van der Waals surface area contributed by atoms with Gasteiger partial charge >= 0.3 is 0 Å². The van der Waals surface area contributed by atoms with E-state index in [0.717, 1.165) is 22.4 Å². The molecule has 1 unspecified atom stereocenters. The summed E-state index contributed by atoms with van der Waals surface area (Å²) in [6, 6.07) is 2.75. The third-order valence-corrected chi connectivity index (χ3v) is 3.97. The van der Waals surface area contributed by atoms with Gasteiger partial charge in [0.05, 0.1) is 6.04 Å².